The number of benzene rings is 2. The summed E-state index contributed by atoms with van der Waals surface area (Å²) in [7, 11) is 0. The molecule has 1 saturated heterocycles. The van der Waals surface area contributed by atoms with Crippen molar-refractivity contribution in [3.05, 3.63) is 64.7 Å². The molecular formula is C24H26N2O. The maximum Gasteiger partial charge on any atom is 0.254 e. The van der Waals surface area contributed by atoms with Crippen LogP contribution in [0, 0.1) is 20.8 Å². The molecule has 3 heteroatoms. The van der Waals surface area contributed by atoms with Crippen molar-refractivity contribution < 1.29 is 4.79 Å². The third kappa shape index (κ3) is 3.46. The zero-order chi connectivity index (χ0) is 19.0. The lowest BCUT2D eigenvalue weighted by atomic mass is 9.98. The Labute approximate surface area is 161 Å². The fourth-order valence-electron chi connectivity index (χ4n) is 3.93. The number of fused-ring (bicyclic) bond motifs is 1. The molecule has 1 fully saturated rings. The Bertz CT molecular complexity index is 1020. The van der Waals surface area contributed by atoms with E-state index in [-0.39, 0.29) is 5.91 Å². The first-order chi connectivity index (χ1) is 13.0. The Morgan fingerprint density at radius 3 is 2.37 bits per heavy atom. The number of carbonyl (C=O) groups excluding carboxylic acids is 1. The molecule has 1 amide bonds. The van der Waals surface area contributed by atoms with Gasteiger partial charge in [0.2, 0.25) is 0 Å². The van der Waals surface area contributed by atoms with E-state index in [9.17, 15) is 4.79 Å². The van der Waals surface area contributed by atoms with E-state index >= 15 is 0 Å². The number of aryl methyl sites for hydroxylation is 3. The number of aromatic nitrogens is 1. The van der Waals surface area contributed by atoms with Gasteiger partial charge < -0.3 is 4.90 Å². The summed E-state index contributed by atoms with van der Waals surface area (Å²) in [4.78, 5) is 20.3. The molecule has 0 bridgehead atoms. The molecule has 2 heterocycles. The molecule has 0 unspecified atom stereocenters. The molecule has 27 heavy (non-hydrogen) atoms. The predicted octanol–water partition coefficient (Wildman–Crippen LogP) is 5.45. The van der Waals surface area contributed by atoms with Gasteiger partial charge in [-0.1, -0.05) is 29.3 Å². The molecule has 2 aromatic carbocycles. The summed E-state index contributed by atoms with van der Waals surface area (Å²) in [6.07, 6.45) is 3.41. The second-order valence-corrected chi connectivity index (χ2v) is 7.75. The van der Waals surface area contributed by atoms with E-state index in [0.29, 0.717) is 0 Å². The van der Waals surface area contributed by atoms with Crippen LogP contribution in [0.4, 0.5) is 0 Å². The largest absolute Gasteiger partial charge is 0.339 e. The van der Waals surface area contributed by atoms with Crippen LogP contribution in [0.3, 0.4) is 0 Å². The van der Waals surface area contributed by atoms with Crippen molar-refractivity contribution in [3.8, 4) is 11.3 Å². The van der Waals surface area contributed by atoms with Gasteiger partial charge in [0.15, 0.2) is 0 Å². The molecule has 4 rings (SSSR count). The van der Waals surface area contributed by atoms with E-state index in [1.165, 1.54) is 17.5 Å². The highest BCUT2D eigenvalue weighted by atomic mass is 16.2. The van der Waals surface area contributed by atoms with Crippen molar-refractivity contribution in [3.63, 3.8) is 0 Å². The summed E-state index contributed by atoms with van der Waals surface area (Å²) < 4.78 is 0. The standard InChI is InChI=1S/C24H26N2O/c1-16-7-9-18(3)19(13-16)23-15-21(24(27)26-11-5-4-6-12-26)20-14-17(2)8-10-22(20)25-23/h7-10,13-15H,4-6,11-12H2,1-3H3. The first kappa shape index (κ1) is 17.7. The fourth-order valence-corrected chi connectivity index (χ4v) is 3.93. The van der Waals surface area contributed by atoms with Crippen LogP contribution in [0.1, 0.15) is 46.3 Å². The summed E-state index contributed by atoms with van der Waals surface area (Å²) >= 11 is 0. The number of hydrogen-bond donors (Lipinski definition) is 0. The van der Waals surface area contributed by atoms with Crippen LogP contribution < -0.4 is 0 Å². The quantitative estimate of drug-likeness (QED) is 0.610. The fraction of sp³-hybridized carbons (Fsp3) is 0.333. The smallest absolute Gasteiger partial charge is 0.254 e. The average molecular weight is 358 g/mol. The van der Waals surface area contributed by atoms with E-state index in [4.69, 9.17) is 4.98 Å². The third-order valence-corrected chi connectivity index (χ3v) is 5.51. The second kappa shape index (κ2) is 7.15. The van der Waals surface area contributed by atoms with Gasteiger partial charge in [-0.25, -0.2) is 4.98 Å². The number of piperidine rings is 1. The van der Waals surface area contributed by atoms with Crippen LogP contribution in [-0.2, 0) is 0 Å². The lowest BCUT2D eigenvalue weighted by Crippen LogP contribution is -2.35. The first-order valence-electron chi connectivity index (χ1n) is 9.81. The molecule has 0 radical (unpaired) electrons. The van der Waals surface area contributed by atoms with Crippen molar-refractivity contribution >= 4 is 16.8 Å². The normalized spacial score (nSPS) is 14.6. The Balaban J connectivity index is 1.91. The lowest BCUT2D eigenvalue weighted by molar-refractivity contribution is 0.0726. The number of carbonyl (C=O) groups is 1. The predicted molar refractivity (Wildman–Crippen MR) is 111 cm³/mol. The Kier molecular flexibility index (Phi) is 4.69. The summed E-state index contributed by atoms with van der Waals surface area (Å²) in [5.41, 5.74) is 7.18. The van der Waals surface area contributed by atoms with E-state index in [2.05, 4.69) is 51.1 Å². The number of pyridine rings is 1. The van der Waals surface area contributed by atoms with Crippen molar-refractivity contribution in [2.24, 2.45) is 0 Å². The molecule has 3 aromatic rings. The molecule has 1 aromatic heterocycles. The van der Waals surface area contributed by atoms with Gasteiger partial charge in [0.1, 0.15) is 0 Å². The number of nitrogens with zero attached hydrogens (tertiary/aromatic N) is 2. The molecule has 0 N–H and O–H groups in total. The van der Waals surface area contributed by atoms with Gasteiger partial charge in [-0.2, -0.15) is 0 Å². The van der Waals surface area contributed by atoms with E-state index in [1.54, 1.807) is 0 Å². The number of amides is 1. The highest BCUT2D eigenvalue weighted by molar-refractivity contribution is 6.07. The number of hydrogen-bond acceptors (Lipinski definition) is 2. The molecule has 0 saturated carbocycles. The van der Waals surface area contributed by atoms with Crippen molar-refractivity contribution in [1.82, 2.24) is 9.88 Å². The molecule has 0 atom stereocenters. The molecule has 0 aliphatic carbocycles. The topological polar surface area (TPSA) is 33.2 Å². The summed E-state index contributed by atoms with van der Waals surface area (Å²) in [6, 6.07) is 14.6. The average Bonchev–Trinajstić information content (AvgIpc) is 2.69. The number of likely N-dealkylation sites (tertiary alicyclic amines) is 1. The second-order valence-electron chi connectivity index (χ2n) is 7.75. The molecule has 138 valence electrons. The molecular weight excluding hydrogens is 332 g/mol. The lowest BCUT2D eigenvalue weighted by Gasteiger charge is -2.27. The van der Waals surface area contributed by atoms with Crippen LogP contribution >= 0.6 is 0 Å². The highest BCUT2D eigenvalue weighted by Crippen LogP contribution is 2.29. The maximum absolute atomic E-state index is 13.4. The zero-order valence-corrected chi connectivity index (χ0v) is 16.4. The van der Waals surface area contributed by atoms with Gasteiger partial charge >= 0.3 is 0 Å². The van der Waals surface area contributed by atoms with Gasteiger partial charge in [-0.3, -0.25) is 4.79 Å². The van der Waals surface area contributed by atoms with Crippen LogP contribution in [0.2, 0.25) is 0 Å². The van der Waals surface area contributed by atoms with Crippen molar-refractivity contribution in [2.75, 3.05) is 13.1 Å². The highest BCUT2D eigenvalue weighted by Gasteiger charge is 2.22. The van der Waals surface area contributed by atoms with Gasteiger partial charge in [-0.05, 0) is 69.9 Å². The van der Waals surface area contributed by atoms with Crippen LogP contribution in [0.25, 0.3) is 22.2 Å². The zero-order valence-electron chi connectivity index (χ0n) is 16.4. The molecule has 0 spiro atoms. The van der Waals surface area contributed by atoms with Crippen LogP contribution in [0.5, 0.6) is 0 Å². The Hall–Kier alpha value is -2.68. The SMILES string of the molecule is Cc1ccc(C)c(-c2cc(C(=O)N3CCCCC3)c3cc(C)ccc3n2)c1. The molecule has 1 aliphatic heterocycles. The summed E-state index contributed by atoms with van der Waals surface area (Å²) in [5, 5.41) is 0.958. The van der Waals surface area contributed by atoms with Crippen molar-refractivity contribution in [2.45, 2.75) is 40.0 Å². The minimum Gasteiger partial charge on any atom is -0.339 e. The summed E-state index contributed by atoms with van der Waals surface area (Å²) in [5.74, 6) is 0.138. The first-order valence-corrected chi connectivity index (χ1v) is 9.81. The molecule has 1 aliphatic rings. The van der Waals surface area contributed by atoms with Gasteiger partial charge in [0.05, 0.1) is 16.8 Å². The van der Waals surface area contributed by atoms with Crippen LogP contribution in [-0.4, -0.2) is 28.9 Å². The van der Waals surface area contributed by atoms with Gasteiger partial charge in [0, 0.05) is 24.0 Å². The van der Waals surface area contributed by atoms with E-state index < -0.39 is 0 Å². The minimum atomic E-state index is 0.138. The third-order valence-electron chi connectivity index (χ3n) is 5.51. The van der Waals surface area contributed by atoms with Gasteiger partial charge in [-0.15, -0.1) is 0 Å². The van der Waals surface area contributed by atoms with Crippen molar-refractivity contribution in [1.29, 1.82) is 0 Å². The summed E-state index contributed by atoms with van der Waals surface area (Å²) in [6.45, 7) is 7.96. The molecule has 3 nitrogen and oxygen atoms in total. The van der Waals surface area contributed by atoms with Gasteiger partial charge in [0.25, 0.3) is 5.91 Å². The van der Waals surface area contributed by atoms with Crippen LogP contribution in [0.15, 0.2) is 42.5 Å². The van der Waals surface area contributed by atoms with E-state index in [0.717, 1.165) is 59.2 Å². The Morgan fingerprint density at radius 2 is 1.59 bits per heavy atom. The maximum atomic E-state index is 13.4. The number of rotatable bonds is 2. The van der Waals surface area contributed by atoms with E-state index in [1.807, 2.05) is 17.0 Å². The monoisotopic (exact) mass is 358 g/mol. The minimum absolute atomic E-state index is 0.138. The Morgan fingerprint density at radius 1 is 0.889 bits per heavy atom.